The Kier molecular flexibility index (Phi) is 8.91. The first-order valence-corrected chi connectivity index (χ1v) is 8.97. The number of fused-ring (bicyclic) bond motifs is 1. The highest BCUT2D eigenvalue weighted by Crippen LogP contribution is 2.38. The van der Waals surface area contributed by atoms with E-state index in [0.29, 0.717) is 41.7 Å². The van der Waals surface area contributed by atoms with Crippen LogP contribution < -0.4 is 24.8 Å². The second-order valence-electron chi connectivity index (χ2n) is 6.05. The molecule has 0 fully saturated rings. The molecule has 3 rings (SSSR count). The SMILES string of the molecule is CCNC(=NCc1ccc(C#N)cc1)NCc1cc2c(cc1OC(F)F)OCO2.I. The Balaban J connectivity index is 0.00000320. The van der Waals surface area contributed by atoms with Gasteiger partial charge in [-0.15, -0.1) is 24.0 Å². The van der Waals surface area contributed by atoms with Gasteiger partial charge in [0.2, 0.25) is 6.79 Å². The number of hydrogen-bond acceptors (Lipinski definition) is 5. The van der Waals surface area contributed by atoms with Gasteiger partial charge in [0.25, 0.3) is 0 Å². The van der Waals surface area contributed by atoms with Gasteiger partial charge in [-0.05, 0) is 30.7 Å². The van der Waals surface area contributed by atoms with Gasteiger partial charge >= 0.3 is 6.61 Å². The van der Waals surface area contributed by atoms with Crippen molar-refractivity contribution in [3.8, 4) is 23.3 Å². The topological polar surface area (TPSA) is 87.9 Å². The number of benzene rings is 2. The summed E-state index contributed by atoms with van der Waals surface area (Å²) in [7, 11) is 0. The summed E-state index contributed by atoms with van der Waals surface area (Å²) >= 11 is 0. The number of nitrogens with zero attached hydrogens (tertiary/aromatic N) is 2. The van der Waals surface area contributed by atoms with Crippen molar-refractivity contribution in [3.05, 3.63) is 53.1 Å². The Morgan fingerprint density at radius 1 is 1.20 bits per heavy atom. The fraction of sp³-hybridized carbons (Fsp3) is 0.300. The molecular weight excluding hydrogens is 509 g/mol. The lowest BCUT2D eigenvalue weighted by molar-refractivity contribution is -0.0505. The van der Waals surface area contributed by atoms with Gasteiger partial charge < -0.3 is 24.8 Å². The number of aliphatic imine (C=N–C) groups is 1. The van der Waals surface area contributed by atoms with Gasteiger partial charge in [-0.2, -0.15) is 14.0 Å². The molecule has 160 valence electrons. The molecule has 30 heavy (non-hydrogen) atoms. The molecule has 0 amide bonds. The van der Waals surface area contributed by atoms with Crippen molar-refractivity contribution in [1.29, 1.82) is 5.26 Å². The van der Waals surface area contributed by atoms with Crippen molar-refractivity contribution in [3.63, 3.8) is 0 Å². The van der Waals surface area contributed by atoms with E-state index in [0.717, 1.165) is 5.56 Å². The van der Waals surface area contributed by atoms with Crippen LogP contribution in [-0.4, -0.2) is 25.9 Å². The van der Waals surface area contributed by atoms with Gasteiger partial charge in [0.15, 0.2) is 17.5 Å². The summed E-state index contributed by atoms with van der Waals surface area (Å²) in [5, 5.41) is 15.1. The molecule has 0 unspecified atom stereocenters. The molecule has 0 spiro atoms. The Morgan fingerprint density at radius 3 is 2.53 bits per heavy atom. The maximum absolute atomic E-state index is 12.8. The van der Waals surface area contributed by atoms with E-state index >= 15 is 0 Å². The molecule has 0 aromatic heterocycles. The lowest BCUT2D eigenvalue weighted by atomic mass is 10.1. The zero-order valence-electron chi connectivity index (χ0n) is 16.2. The van der Waals surface area contributed by atoms with Crippen LogP contribution in [0, 0.1) is 11.3 Å². The lowest BCUT2D eigenvalue weighted by Crippen LogP contribution is -2.36. The fourth-order valence-electron chi connectivity index (χ4n) is 2.68. The van der Waals surface area contributed by atoms with Gasteiger partial charge in [0.05, 0.1) is 18.2 Å². The minimum absolute atomic E-state index is 0. The Morgan fingerprint density at radius 2 is 1.90 bits per heavy atom. The normalized spacial score (nSPS) is 12.2. The Labute approximate surface area is 190 Å². The van der Waals surface area contributed by atoms with E-state index in [1.807, 2.05) is 19.1 Å². The summed E-state index contributed by atoms with van der Waals surface area (Å²) in [5.41, 5.74) is 2.00. The zero-order valence-corrected chi connectivity index (χ0v) is 18.5. The van der Waals surface area contributed by atoms with E-state index in [2.05, 4.69) is 26.4 Å². The van der Waals surface area contributed by atoms with Crippen LogP contribution in [0.1, 0.15) is 23.6 Å². The predicted octanol–water partition coefficient (Wildman–Crippen LogP) is 3.76. The molecule has 0 saturated heterocycles. The summed E-state index contributed by atoms with van der Waals surface area (Å²) in [6, 6.07) is 12.2. The third kappa shape index (κ3) is 6.35. The monoisotopic (exact) mass is 530 g/mol. The molecule has 2 N–H and O–H groups in total. The standard InChI is InChI=1S/C20H20F2N4O3.HI/c1-2-24-20(25-10-14-5-3-13(9-23)4-6-14)26-11-15-7-17-18(28-12-27-17)8-16(15)29-19(21)22;/h3-8,19H,2,10-12H2,1H3,(H2,24,25,26);1H. The summed E-state index contributed by atoms with van der Waals surface area (Å²) in [4.78, 5) is 4.48. The van der Waals surface area contributed by atoms with Gasteiger partial charge in [0, 0.05) is 24.7 Å². The Hall–Kier alpha value is -2.81. The summed E-state index contributed by atoms with van der Waals surface area (Å²) < 4.78 is 40.7. The molecule has 2 aromatic carbocycles. The van der Waals surface area contributed by atoms with Crippen LogP contribution in [0.3, 0.4) is 0 Å². The van der Waals surface area contributed by atoms with E-state index < -0.39 is 6.61 Å². The highest BCUT2D eigenvalue weighted by atomic mass is 127. The highest BCUT2D eigenvalue weighted by Gasteiger charge is 2.20. The van der Waals surface area contributed by atoms with E-state index in [1.165, 1.54) is 6.07 Å². The minimum Gasteiger partial charge on any atom is -0.454 e. The smallest absolute Gasteiger partial charge is 0.387 e. The van der Waals surface area contributed by atoms with Crippen molar-refractivity contribution in [2.75, 3.05) is 13.3 Å². The van der Waals surface area contributed by atoms with Gasteiger partial charge in [-0.25, -0.2) is 4.99 Å². The summed E-state index contributed by atoms with van der Waals surface area (Å²) in [5.74, 6) is 1.37. The van der Waals surface area contributed by atoms with Crippen molar-refractivity contribution in [1.82, 2.24) is 10.6 Å². The predicted molar refractivity (Wildman–Crippen MR) is 117 cm³/mol. The molecule has 10 heteroatoms. The molecule has 1 aliphatic heterocycles. The first-order chi connectivity index (χ1) is 14.1. The average molecular weight is 530 g/mol. The first kappa shape index (κ1) is 23.5. The number of guanidine groups is 1. The maximum Gasteiger partial charge on any atom is 0.387 e. The maximum atomic E-state index is 12.8. The summed E-state index contributed by atoms with van der Waals surface area (Å²) in [6.07, 6.45) is 0. The molecule has 7 nitrogen and oxygen atoms in total. The fourth-order valence-corrected chi connectivity index (χ4v) is 2.68. The number of alkyl halides is 2. The van der Waals surface area contributed by atoms with Crippen LogP contribution in [0.5, 0.6) is 17.2 Å². The third-order valence-electron chi connectivity index (χ3n) is 4.07. The molecule has 0 radical (unpaired) electrons. The molecule has 0 atom stereocenters. The number of hydrogen-bond donors (Lipinski definition) is 2. The molecule has 2 aromatic rings. The van der Waals surface area contributed by atoms with Crippen LogP contribution in [0.15, 0.2) is 41.4 Å². The van der Waals surface area contributed by atoms with E-state index in [9.17, 15) is 8.78 Å². The molecule has 1 aliphatic rings. The molecule has 0 bridgehead atoms. The second-order valence-corrected chi connectivity index (χ2v) is 6.05. The quantitative estimate of drug-likeness (QED) is 0.322. The minimum atomic E-state index is -2.95. The zero-order chi connectivity index (χ0) is 20.6. The number of nitrogens with one attached hydrogen (secondary N) is 2. The van der Waals surface area contributed by atoms with Crippen LogP contribution in [-0.2, 0) is 13.1 Å². The van der Waals surface area contributed by atoms with Gasteiger partial charge in [0.1, 0.15) is 5.75 Å². The average Bonchev–Trinajstić information content (AvgIpc) is 3.17. The molecule has 1 heterocycles. The van der Waals surface area contributed by atoms with E-state index in [4.69, 9.17) is 14.7 Å². The van der Waals surface area contributed by atoms with Crippen LogP contribution in [0.4, 0.5) is 8.78 Å². The number of ether oxygens (including phenoxy) is 3. The number of halogens is 3. The summed E-state index contributed by atoms with van der Waals surface area (Å²) in [6.45, 7) is 0.216. The number of nitriles is 1. The third-order valence-corrected chi connectivity index (χ3v) is 4.07. The van der Waals surface area contributed by atoms with Crippen molar-refractivity contribution in [2.24, 2.45) is 4.99 Å². The molecule has 0 saturated carbocycles. The van der Waals surface area contributed by atoms with Crippen LogP contribution in [0.25, 0.3) is 0 Å². The lowest BCUT2D eigenvalue weighted by Gasteiger charge is -2.15. The van der Waals surface area contributed by atoms with E-state index in [1.54, 1.807) is 18.2 Å². The first-order valence-electron chi connectivity index (χ1n) is 8.97. The van der Waals surface area contributed by atoms with Crippen molar-refractivity contribution in [2.45, 2.75) is 26.6 Å². The molecule has 0 aliphatic carbocycles. The largest absolute Gasteiger partial charge is 0.454 e. The van der Waals surface area contributed by atoms with Crippen LogP contribution in [0.2, 0.25) is 0 Å². The van der Waals surface area contributed by atoms with Crippen molar-refractivity contribution < 1.29 is 23.0 Å². The van der Waals surface area contributed by atoms with Gasteiger partial charge in [-0.1, -0.05) is 12.1 Å². The molecular formula is C20H21F2IN4O3. The van der Waals surface area contributed by atoms with Crippen molar-refractivity contribution >= 4 is 29.9 Å². The highest BCUT2D eigenvalue weighted by molar-refractivity contribution is 14.0. The second kappa shape index (κ2) is 11.4. The van der Waals surface area contributed by atoms with E-state index in [-0.39, 0.29) is 43.1 Å². The Bertz CT molecular complexity index is 918. The van der Waals surface area contributed by atoms with Crippen LogP contribution >= 0.6 is 24.0 Å². The van der Waals surface area contributed by atoms with Gasteiger partial charge in [-0.3, -0.25) is 0 Å². The number of rotatable bonds is 7.